The van der Waals surface area contributed by atoms with Gasteiger partial charge in [0.2, 0.25) is 15.9 Å². The summed E-state index contributed by atoms with van der Waals surface area (Å²) in [5, 5.41) is 3.52. The minimum Gasteiger partial charge on any atom is -0.326 e. The number of piperidine rings is 1. The summed E-state index contributed by atoms with van der Waals surface area (Å²) in [6.07, 6.45) is 1.34. The monoisotopic (exact) mass is 434 g/mol. The van der Waals surface area contributed by atoms with Crippen LogP contribution in [0.2, 0.25) is 5.02 Å². The fourth-order valence-corrected chi connectivity index (χ4v) is 5.50. The van der Waals surface area contributed by atoms with Gasteiger partial charge in [-0.1, -0.05) is 55.8 Å². The summed E-state index contributed by atoms with van der Waals surface area (Å²) >= 11 is 5.97. The zero-order valence-corrected chi connectivity index (χ0v) is 18.3. The summed E-state index contributed by atoms with van der Waals surface area (Å²) in [6.45, 7) is 4.80. The van der Waals surface area contributed by atoms with Crippen molar-refractivity contribution in [2.24, 2.45) is 5.92 Å². The van der Waals surface area contributed by atoms with Crippen LogP contribution in [-0.2, 0) is 20.6 Å². The van der Waals surface area contributed by atoms with Crippen LogP contribution in [0.3, 0.4) is 0 Å². The van der Waals surface area contributed by atoms with Crippen LogP contribution in [0.1, 0.15) is 43.7 Å². The Morgan fingerprint density at radius 2 is 1.97 bits per heavy atom. The molecule has 0 radical (unpaired) electrons. The SMILES string of the molecule is CC(C)c1ccccc1NC(=O)[C@@H]1CCCN(S(=O)(=O)Cc2cccc(Cl)c2)C1. The normalized spacial score (nSPS) is 18.0. The number of carbonyl (C=O) groups is 1. The molecular weight excluding hydrogens is 408 g/mol. The second-order valence-corrected chi connectivity index (χ2v) is 10.2. The van der Waals surface area contributed by atoms with Crippen LogP contribution in [0.25, 0.3) is 0 Å². The lowest BCUT2D eigenvalue weighted by Crippen LogP contribution is -2.44. The highest BCUT2D eigenvalue weighted by atomic mass is 35.5. The topological polar surface area (TPSA) is 66.5 Å². The van der Waals surface area contributed by atoms with E-state index in [9.17, 15) is 13.2 Å². The number of carbonyl (C=O) groups excluding carboxylic acids is 1. The number of sulfonamides is 1. The van der Waals surface area contributed by atoms with Crippen molar-refractivity contribution in [3.63, 3.8) is 0 Å². The van der Waals surface area contributed by atoms with Crippen LogP contribution in [0.15, 0.2) is 48.5 Å². The van der Waals surface area contributed by atoms with E-state index in [4.69, 9.17) is 11.6 Å². The Morgan fingerprint density at radius 1 is 1.21 bits per heavy atom. The molecule has 7 heteroatoms. The second kappa shape index (κ2) is 9.28. The van der Waals surface area contributed by atoms with E-state index in [2.05, 4.69) is 19.2 Å². The molecule has 0 aromatic heterocycles. The second-order valence-electron chi connectivity index (χ2n) is 7.81. The lowest BCUT2D eigenvalue weighted by Gasteiger charge is -2.31. The largest absolute Gasteiger partial charge is 0.326 e. The van der Waals surface area contributed by atoms with Gasteiger partial charge in [0.25, 0.3) is 0 Å². The van der Waals surface area contributed by atoms with Gasteiger partial charge in [0.15, 0.2) is 0 Å². The fourth-order valence-electron chi connectivity index (χ4n) is 3.69. The standard InChI is InChI=1S/C22H27ClN2O3S/c1-16(2)20-10-3-4-11-21(20)24-22(26)18-8-6-12-25(14-18)29(27,28)15-17-7-5-9-19(23)13-17/h3-5,7,9-11,13,16,18H,6,8,12,14-15H2,1-2H3,(H,24,26)/t18-/m1/s1. The maximum Gasteiger partial charge on any atom is 0.228 e. The van der Waals surface area contributed by atoms with E-state index in [0.717, 1.165) is 11.3 Å². The number of nitrogens with zero attached hydrogens (tertiary/aromatic N) is 1. The highest BCUT2D eigenvalue weighted by Gasteiger charge is 2.32. The van der Waals surface area contributed by atoms with Crippen LogP contribution >= 0.6 is 11.6 Å². The molecule has 1 aliphatic heterocycles. The van der Waals surface area contributed by atoms with Crippen LogP contribution in [-0.4, -0.2) is 31.7 Å². The summed E-state index contributed by atoms with van der Waals surface area (Å²) in [7, 11) is -3.52. The molecule has 1 amide bonds. The van der Waals surface area contributed by atoms with Crippen LogP contribution in [0.4, 0.5) is 5.69 Å². The smallest absolute Gasteiger partial charge is 0.228 e. The Balaban J connectivity index is 1.69. The number of amides is 1. The van der Waals surface area contributed by atoms with E-state index in [1.807, 2.05) is 24.3 Å². The van der Waals surface area contributed by atoms with Crippen molar-refractivity contribution in [3.8, 4) is 0 Å². The Kier molecular flexibility index (Phi) is 6.98. The number of hydrogen-bond acceptors (Lipinski definition) is 3. The molecule has 2 aromatic rings. The van der Waals surface area contributed by atoms with Crippen molar-refractivity contribution in [1.29, 1.82) is 0 Å². The molecule has 0 unspecified atom stereocenters. The van der Waals surface area contributed by atoms with Crippen LogP contribution < -0.4 is 5.32 Å². The molecule has 1 fully saturated rings. The number of hydrogen-bond donors (Lipinski definition) is 1. The van der Waals surface area contributed by atoms with Gasteiger partial charge in [-0.2, -0.15) is 0 Å². The summed E-state index contributed by atoms with van der Waals surface area (Å²) in [6, 6.07) is 14.6. The van der Waals surface area contributed by atoms with E-state index in [-0.39, 0.29) is 30.0 Å². The van der Waals surface area contributed by atoms with Crippen molar-refractivity contribution in [2.75, 3.05) is 18.4 Å². The van der Waals surface area contributed by atoms with Crippen LogP contribution in [0.5, 0.6) is 0 Å². The van der Waals surface area contributed by atoms with E-state index < -0.39 is 10.0 Å². The molecule has 0 spiro atoms. The number of para-hydroxylation sites is 1. The summed E-state index contributed by atoms with van der Waals surface area (Å²) in [5.41, 5.74) is 2.52. The highest BCUT2D eigenvalue weighted by Crippen LogP contribution is 2.27. The molecular formula is C22H27ClN2O3S. The first-order chi connectivity index (χ1) is 13.8. The molecule has 3 rings (SSSR count). The third-order valence-corrected chi connectivity index (χ3v) is 7.28. The van der Waals surface area contributed by atoms with Gasteiger partial charge in [0, 0.05) is 23.8 Å². The number of anilines is 1. The molecule has 1 aliphatic rings. The van der Waals surface area contributed by atoms with Gasteiger partial charge in [-0.25, -0.2) is 12.7 Å². The Bertz CT molecular complexity index is 976. The number of halogens is 1. The number of nitrogens with one attached hydrogen (secondary N) is 1. The van der Waals surface area contributed by atoms with E-state index >= 15 is 0 Å². The molecule has 1 atom stereocenters. The Hall–Kier alpha value is -1.89. The van der Waals surface area contributed by atoms with E-state index in [1.54, 1.807) is 24.3 Å². The van der Waals surface area contributed by atoms with Gasteiger partial charge >= 0.3 is 0 Å². The van der Waals surface area contributed by atoms with E-state index in [1.165, 1.54) is 4.31 Å². The maximum absolute atomic E-state index is 12.9. The molecule has 0 saturated carbocycles. The van der Waals surface area contributed by atoms with Gasteiger partial charge in [-0.15, -0.1) is 0 Å². The summed E-state index contributed by atoms with van der Waals surface area (Å²) in [5.74, 6) is -0.316. The van der Waals surface area contributed by atoms with Crippen molar-refractivity contribution in [1.82, 2.24) is 4.31 Å². The summed E-state index contributed by atoms with van der Waals surface area (Å²) in [4.78, 5) is 12.9. The van der Waals surface area contributed by atoms with Crippen molar-refractivity contribution < 1.29 is 13.2 Å². The summed E-state index contributed by atoms with van der Waals surface area (Å²) < 4.78 is 27.2. The Labute approximate surface area is 178 Å². The average molecular weight is 435 g/mol. The van der Waals surface area contributed by atoms with Gasteiger partial charge in [0.1, 0.15) is 0 Å². The molecule has 1 N–H and O–H groups in total. The number of benzene rings is 2. The lowest BCUT2D eigenvalue weighted by atomic mass is 9.97. The number of rotatable bonds is 6. The molecule has 0 aliphatic carbocycles. The third-order valence-electron chi connectivity index (χ3n) is 5.23. The van der Waals surface area contributed by atoms with Crippen molar-refractivity contribution in [3.05, 3.63) is 64.7 Å². The predicted molar refractivity (Wildman–Crippen MR) is 118 cm³/mol. The average Bonchev–Trinajstić information content (AvgIpc) is 2.68. The molecule has 5 nitrogen and oxygen atoms in total. The van der Waals surface area contributed by atoms with Crippen molar-refractivity contribution >= 4 is 33.2 Å². The Morgan fingerprint density at radius 3 is 2.69 bits per heavy atom. The highest BCUT2D eigenvalue weighted by molar-refractivity contribution is 7.88. The van der Waals surface area contributed by atoms with Gasteiger partial charge < -0.3 is 5.32 Å². The first-order valence-electron chi connectivity index (χ1n) is 9.88. The quantitative estimate of drug-likeness (QED) is 0.719. The molecule has 156 valence electrons. The molecule has 2 aromatic carbocycles. The molecule has 1 saturated heterocycles. The maximum atomic E-state index is 12.9. The molecule has 29 heavy (non-hydrogen) atoms. The minimum atomic E-state index is -3.52. The first-order valence-corrected chi connectivity index (χ1v) is 11.9. The molecule has 0 bridgehead atoms. The van der Waals surface area contributed by atoms with Crippen LogP contribution in [0, 0.1) is 5.92 Å². The minimum absolute atomic E-state index is 0.113. The zero-order chi connectivity index (χ0) is 21.0. The first kappa shape index (κ1) is 21.8. The van der Waals surface area contributed by atoms with Gasteiger partial charge in [-0.05, 0) is 48.1 Å². The zero-order valence-electron chi connectivity index (χ0n) is 16.8. The van der Waals surface area contributed by atoms with E-state index in [0.29, 0.717) is 30.0 Å². The van der Waals surface area contributed by atoms with Gasteiger partial charge in [0.05, 0.1) is 11.7 Å². The predicted octanol–water partition coefficient (Wildman–Crippen LogP) is 4.64. The third kappa shape index (κ3) is 5.59. The van der Waals surface area contributed by atoms with Crippen molar-refractivity contribution in [2.45, 2.75) is 38.4 Å². The fraction of sp³-hybridized carbons (Fsp3) is 0.409. The molecule has 1 heterocycles. The van der Waals surface area contributed by atoms with Gasteiger partial charge in [-0.3, -0.25) is 4.79 Å². The lowest BCUT2D eigenvalue weighted by molar-refractivity contribution is -0.120.